The maximum absolute atomic E-state index is 15.9. The highest BCUT2D eigenvalue weighted by molar-refractivity contribution is 6.13. The second kappa shape index (κ2) is 25.5. The summed E-state index contributed by atoms with van der Waals surface area (Å²) in [7, 11) is 0. The van der Waals surface area contributed by atoms with Gasteiger partial charge in [0, 0.05) is 38.8 Å². The summed E-state index contributed by atoms with van der Waals surface area (Å²) < 4.78 is 462. The number of benzene rings is 13. The van der Waals surface area contributed by atoms with Crippen LogP contribution in [0.5, 0.6) is 0 Å². The number of hydrogen-bond donors (Lipinski definition) is 0. The molecule has 32 heteroatoms. The lowest BCUT2D eigenvalue weighted by atomic mass is 9.87. The first-order chi connectivity index (χ1) is 52.6. The number of hydrogen-bond acceptors (Lipinski definition) is 0. The van der Waals surface area contributed by atoms with Gasteiger partial charge in [-0.25, -0.2) is 132 Å². The van der Waals surface area contributed by atoms with Gasteiger partial charge in [-0.1, -0.05) is 48.5 Å². The second-order valence-corrected chi connectivity index (χ2v) is 25.1. The van der Waals surface area contributed by atoms with E-state index in [9.17, 15) is 26.3 Å². The van der Waals surface area contributed by atoms with Crippen LogP contribution in [-0.4, -0.2) is 9.13 Å². The Labute approximate surface area is 596 Å². The van der Waals surface area contributed by atoms with Crippen LogP contribution < -0.4 is 0 Å². The smallest absolute Gasteiger partial charge is 0.200 e. The molecule has 15 aromatic rings. The molecule has 16 rings (SSSR count). The van der Waals surface area contributed by atoms with E-state index in [2.05, 4.69) is 0 Å². The average molecular weight is 1570 g/mol. The molecular weight excluding hydrogens is 1550 g/mol. The van der Waals surface area contributed by atoms with Crippen LogP contribution in [0.25, 0.3) is 133 Å². The third kappa shape index (κ3) is 10.3. The molecule has 2 aromatic heterocycles. The van der Waals surface area contributed by atoms with E-state index >= 15 is 105 Å². The van der Waals surface area contributed by atoms with Crippen molar-refractivity contribution in [2.75, 3.05) is 0 Å². The molecule has 0 unspecified atom stereocenters. The fraction of sp³-hybridized carbons (Fsp3) is 0.0127. The molecule has 0 amide bonds. The molecule has 0 fully saturated rings. The largest absolute Gasteiger partial charge is 0.309 e. The Morgan fingerprint density at radius 3 is 0.541 bits per heavy atom. The summed E-state index contributed by atoms with van der Waals surface area (Å²) in [6, 6.07) is 18.0. The van der Waals surface area contributed by atoms with Gasteiger partial charge in [0.05, 0.1) is 55.4 Å². The number of halogens is 30. The van der Waals surface area contributed by atoms with Crippen molar-refractivity contribution in [2.45, 2.75) is 5.92 Å². The topological polar surface area (TPSA) is 9.86 Å². The highest BCUT2D eigenvalue weighted by atomic mass is 19.2. The Morgan fingerprint density at radius 1 is 0.171 bits per heavy atom. The zero-order valence-corrected chi connectivity index (χ0v) is 53.4. The van der Waals surface area contributed by atoms with Crippen molar-refractivity contribution in [3.05, 3.63) is 319 Å². The van der Waals surface area contributed by atoms with Crippen LogP contribution in [0, 0.1) is 175 Å². The molecule has 1 aliphatic carbocycles. The molecule has 0 atom stereocenters. The quantitative estimate of drug-likeness (QED) is 0.0774. The summed E-state index contributed by atoms with van der Waals surface area (Å²) in [6.07, 6.45) is 0. The Morgan fingerprint density at radius 2 is 0.342 bits per heavy atom. The molecule has 0 aliphatic heterocycles. The van der Waals surface area contributed by atoms with Gasteiger partial charge >= 0.3 is 0 Å². The predicted octanol–water partition coefficient (Wildman–Crippen LogP) is 25.2. The fourth-order valence-electron chi connectivity index (χ4n) is 14.3. The van der Waals surface area contributed by atoms with E-state index in [1.54, 1.807) is 0 Å². The van der Waals surface area contributed by atoms with Crippen LogP contribution in [-0.2, 0) is 0 Å². The Bertz CT molecular complexity index is 5970. The lowest BCUT2D eigenvalue weighted by Gasteiger charge is -2.21. The van der Waals surface area contributed by atoms with E-state index in [-0.39, 0.29) is 50.1 Å². The molecule has 0 bridgehead atoms. The zero-order valence-electron chi connectivity index (χ0n) is 53.4. The van der Waals surface area contributed by atoms with Crippen molar-refractivity contribution in [2.24, 2.45) is 0 Å². The fourth-order valence-corrected chi connectivity index (χ4v) is 14.3. The normalized spacial score (nSPS) is 12.4. The van der Waals surface area contributed by atoms with Crippen LogP contribution in [0.1, 0.15) is 22.6 Å². The third-order valence-corrected chi connectivity index (χ3v) is 19.3. The van der Waals surface area contributed by atoms with Crippen LogP contribution in [0.15, 0.2) is 127 Å². The summed E-state index contributed by atoms with van der Waals surface area (Å²) in [5, 5.41) is -1.94. The lowest BCUT2D eigenvalue weighted by Crippen LogP contribution is -2.06. The number of aromatic nitrogens is 2. The molecule has 2 heterocycles. The van der Waals surface area contributed by atoms with Gasteiger partial charge < -0.3 is 9.13 Å². The Kier molecular flexibility index (Phi) is 16.7. The van der Waals surface area contributed by atoms with Gasteiger partial charge in [0.25, 0.3) is 0 Å². The molecule has 1 aliphatic rings. The van der Waals surface area contributed by atoms with Gasteiger partial charge in [0.15, 0.2) is 140 Å². The molecule has 0 N–H and O–H groups in total. The van der Waals surface area contributed by atoms with Crippen LogP contribution >= 0.6 is 0 Å². The van der Waals surface area contributed by atoms with E-state index in [4.69, 9.17) is 0 Å². The van der Waals surface area contributed by atoms with Crippen molar-refractivity contribution in [1.29, 1.82) is 0 Å². The van der Waals surface area contributed by atoms with E-state index in [0.717, 1.165) is 124 Å². The Balaban J connectivity index is 1.05. The minimum Gasteiger partial charge on any atom is -0.309 e. The van der Waals surface area contributed by atoms with Gasteiger partial charge in [0.1, 0.15) is 0 Å². The number of nitrogens with zero attached hydrogens (tertiary/aromatic N) is 2. The first-order valence-electron chi connectivity index (χ1n) is 31.3. The summed E-state index contributed by atoms with van der Waals surface area (Å²) in [4.78, 5) is 0. The zero-order chi connectivity index (χ0) is 79.5. The van der Waals surface area contributed by atoms with Gasteiger partial charge in [-0.3, -0.25) is 0 Å². The SMILES string of the molecule is Fc1c(F)c(F)c(-c2ccc3c(c2)-c2cc(-c4c(F)c(F)c(F)c(F)c4F)ccc2C3c2cc(-n3c4ccc(-c5c(F)c(F)c(F)c(F)c5F)cc4c4cc(-c5c(F)c(F)c(F)c(F)c5F)ccc43)cc(-n3c4ccc(-c5c(F)c(F)c(F)c(F)c5F)cc4c4cc(-c5c(F)c(F)c(F)c(F)c5F)ccc43)c2)c(F)c1F. The molecule has 13 aromatic carbocycles. The molecule has 0 saturated carbocycles. The summed E-state index contributed by atoms with van der Waals surface area (Å²) in [6.45, 7) is 0. The summed E-state index contributed by atoms with van der Waals surface area (Å²) in [5.41, 5.74) is -18.7. The highest BCUT2D eigenvalue weighted by Crippen LogP contribution is 2.54. The minimum atomic E-state index is -2.64. The number of fused-ring (bicyclic) bond motifs is 9. The Hall–Kier alpha value is -12.6. The highest BCUT2D eigenvalue weighted by Gasteiger charge is 2.38. The van der Waals surface area contributed by atoms with Crippen molar-refractivity contribution in [1.82, 2.24) is 9.13 Å². The van der Waals surface area contributed by atoms with Gasteiger partial charge in [-0.2, -0.15) is 0 Å². The van der Waals surface area contributed by atoms with E-state index in [0.29, 0.717) is 0 Å². The molecular formula is C79H22F30N2. The molecule has 0 saturated heterocycles. The molecule has 0 spiro atoms. The maximum Gasteiger partial charge on any atom is 0.200 e. The van der Waals surface area contributed by atoms with E-state index in [1.165, 1.54) is 12.1 Å². The van der Waals surface area contributed by atoms with Crippen LogP contribution in [0.2, 0.25) is 0 Å². The van der Waals surface area contributed by atoms with Crippen molar-refractivity contribution in [3.8, 4) is 89.3 Å². The third-order valence-electron chi connectivity index (χ3n) is 19.3. The van der Waals surface area contributed by atoms with Crippen molar-refractivity contribution < 1.29 is 132 Å². The molecule has 558 valence electrons. The van der Waals surface area contributed by atoms with Gasteiger partial charge in [-0.05, 0) is 140 Å². The van der Waals surface area contributed by atoms with Crippen LogP contribution in [0.3, 0.4) is 0 Å². The molecule has 0 radical (unpaired) electrons. The monoisotopic (exact) mass is 1570 g/mol. The summed E-state index contributed by atoms with van der Waals surface area (Å²) >= 11 is 0. The van der Waals surface area contributed by atoms with Gasteiger partial charge in [-0.15, -0.1) is 0 Å². The van der Waals surface area contributed by atoms with E-state index in [1.807, 2.05) is 0 Å². The molecule has 2 nitrogen and oxygen atoms in total. The molecule has 111 heavy (non-hydrogen) atoms. The van der Waals surface area contributed by atoms with Gasteiger partial charge in [0.2, 0.25) is 34.9 Å². The van der Waals surface area contributed by atoms with Crippen LogP contribution in [0.4, 0.5) is 132 Å². The second-order valence-electron chi connectivity index (χ2n) is 25.1. The first kappa shape index (κ1) is 72.6. The predicted molar refractivity (Wildman–Crippen MR) is 339 cm³/mol. The maximum atomic E-state index is 15.9. The average Bonchev–Trinajstić information content (AvgIpc) is 1.57. The lowest BCUT2D eigenvalue weighted by molar-refractivity contribution is 0.381. The first-order valence-corrected chi connectivity index (χ1v) is 31.3. The summed E-state index contributed by atoms with van der Waals surface area (Å²) in [5.74, 6) is -76.7. The number of rotatable bonds is 9. The van der Waals surface area contributed by atoms with Crippen molar-refractivity contribution >= 4 is 43.6 Å². The van der Waals surface area contributed by atoms with Crippen molar-refractivity contribution in [3.63, 3.8) is 0 Å². The standard InChI is InChI=1S/C79H22F30N2/c80-50-44(51(81)63(93)74(104)62(50)92)22-1-7-31-33(15-22)34-16-23(45-52(82)64(94)75(105)65(95)53(45)83)2-8-32(34)43(31)28-13-29(110-39-9-3-24(46-54(84)66(96)76(106)67(97)55(46)85)17-35(39)36-18-25(4-10-40(36)110)47-56(86)68(98)77(107)69(99)57(47)87)21-30(14-28)111-41-11-5-26(48-58(88)70(100)78(108)71(101)59(48)89)19-37(41)38-20-27(6-12-42(38)111)49-60(90)72(102)79(109)73(103)61(49)91/h1-21,43H. The van der Waals surface area contributed by atoms with E-state index < -0.39 is 280 Å². The minimum absolute atomic E-state index is 0.209.